The van der Waals surface area contributed by atoms with Crippen molar-refractivity contribution >= 4 is 23.6 Å². The summed E-state index contributed by atoms with van der Waals surface area (Å²) in [5.41, 5.74) is 1.08. The minimum atomic E-state index is -0.564. The van der Waals surface area contributed by atoms with Gasteiger partial charge >= 0.3 is 12.2 Å². The van der Waals surface area contributed by atoms with E-state index in [1.807, 2.05) is 0 Å². The molecule has 2 amide bonds. The van der Waals surface area contributed by atoms with Crippen LogP contribution < -0.4 is 10.6 Å². The summed E-state index contributed by atoms with van der Waals surface area (Å²) in [7, 11) is 0. The Morgan fingerprint density at radius 1 is 0.576 bits per heavy atom. The zero-order valence-electron chi connectivity index (χ0n) is 18.3. The molecular formula is C23H30N2O8. The molecule has 0 aliphatic rings. The Bertz CT molecular complexity index is 758. The molecule has 2 aromatic carbocycles. The molecule has 0 atom stereocenters. The summed E-state index contributed by atoms with van der Waals surface area (Å²) in [6.45, 7) is 2.37. The summed E-state index contributed by atoms with van der Waals surface area (Å²) in [5, 5.41) is 23.5. The summed E-state index contributed by atoms with van der Waals surface area (Å²) >= 11 is 0. The molecule has 0 saturated heterocycles. The predicted molar refractivity (Wildman–Crippen MR) is 122 cm³/mol. The van der Waals surface area contributed by atoms with Crippen LogP contribution >= 0.6 is 0 Å². The summed E-state index contributed by atoms with van der Waals surface area (Å²) < 4.78 is 21.0. The number of benzene rings is 2. The van der Waals surface area contributed by atoms with Gasteiger partial charge in [0, 0.05) is 31.0 Å². The van der Waals surface area contributed by atoms with Crippen LogP contribution in [0, 0.1) is 0 Å². The molecule has 180 valence electrons. The third-order valence-corrected chi connectivity index (χ3v) is 4.18. The molecule has 0 bridgehead atoms. The van der Waals surface area contributed by atoms with Crippen LogP contribution in [0.2, 0.25) is 0 Å². The number of phenolic OH excluding ortho intramolecular Hbond substituents is 2. The van der Waals surface area contributed by atoms with Crippen molar-refractivity contribution in [3.8, 4) is 11.5 Å². The Hall–Kier alpha value is -3.50. The first-order valence-electron chi connectivity index (χ1n) is 10.6. The Kier molecular flexibility index (Phi) is 12.0. The fourth-order valence-corrected chi connectivity index (χ4v) is 2.52. The van der Waals surface area contributed by atoms with Crippen LogP contribution in [-0.4, -0.2) is 62.0 Å². The first-order chi connectivity index (χ1) is 16.0. The molecular weight excluding hydrogens is 432 g/mol. The van der Waals surface area contributed by atoms with E-state index in [0.29, 0.717) is 50.6 Å². The van der Waals surface area contributed by atoms with E-state index in [9.17, 15) is 19.8 Å². The highest BCUT2D eigenvalue weighted by molar-refractivity contribution is 5.85. The van der Waals surface area contributed by atoms with Crippen LogP contribution in [0.25, 0.3) is 0 Å². The van der Waals surface area contributed by atoms with E-state index in [0.717, 1.165) is 6.42 Å². The average molecular weight is 462 g/mol. The predicted octanol–water partition coefficient (Wildman–Crippen LogP) is 4.10. The number of hydrogen-bond acceptors (Lipinski definition) is 8. The Balaban J connectivity index is 1.33. The number of rotatable bonds is 14. The highest BCUT2D eigenvalue weighted by atomic mass is 16.6. The van der Waals surface area contributed by atoms with E-state index in [-0.39, 0.29) is 24.7 Å². The smallest absolute Gasteiger partial charge is 0.411 e. The number of phenols is 2. The summed E-state index contributed by atoms with van der Waals surface area (Å²) in [5.74, 6) is 0.247. The minimum absolute atomic E-state index is 0.122. The van der Waals surface area contributed by atoms with E-state index in [1.165, 1.54) is 24.3 Å². The van der Waals surface area contributed by atoms with E-state index >= 15 is 0 Å². The molecule has 4 N–H and O–H groups in total. The molecule has 0 aromatic heterocycles. The molecule has 0 spiro atoms. The minimum Gasteiger partial charge on any atom is -0.508 e. The molecule has 2 aromatic rings. The van der Waals surface area contributed by atoms with Crippen LogP contribution in [0.1, 0.15) is 19.3 Å². The van der Waals surface area contributed by atoms with Gasteiger partial charge in [-0.3, -0.25) is 10.6 Å². The fourth-order valence-electron chi connectivity index (χ4n) is 2.52. The van der Waals surface area contributed by atoms with Gasteiger partial charge in [-0.2, -0.15) is 0 Å². The molecule has 0 unspecified atom stereocenters. The lowest BCUT2D eigenvalue weighted by Crippen LogP contribution is -2.15. The maximum Gasteiger partial charge on any atom is 0.411 e. The van der Waals surface area contributed by atoms with Crippen molar-refractivity contribution in [1.29, 1.82) is 0 Å². The molecule has 0 aliphatic carbocycles. The monoisotopic (exact) mass is 462 g/mol. The second-order valence-electron chi connectivity index (χ2n) is 6.90. The zero-order chi connectivity index (χ0) is 23.7. The van der Waals surface area contributed by atoms with Crippen molar-refractivity contribution in [3.05, 3.63) is 48.5 Å². The van der Waals surface area contributed by atoms with Crippen LogP contribution in [-0.2, 0) is 18.9 Å². The molecule has 10 heteroatoms. The Morgan fingerprint density at radius 2 is 0.970 bits per heavy atom. The van der Waals surface area contributed by atoms with Crippen molar-refractivity contribution in [2.75, 3.05) is 50.3 Å². The quantitative estimate of drug-likeness (QED) is 0.243. The largest absolute Gasteiger partial charge is 0.508 e. The normalized spacial score (nSPS) is 10.4. The molecule has 10 nitrogen and oxygen atoms in total. The number of carbonyl (C=O) groups is 2. The van der Waals surface area contributed by atoms with E-state index in [1.54, 1.807) is 24.3 Å². The first kappa shape index (κ1) is 25.8. The van der Waals surface area contributed by atoms with Crippen LogP contribution in [0.3, 0.4) is 0 Å². The van der Waals surface area contributed by atoms with Crippen LogP contribution in [0.15, 0.2) is 48.5 Å². The van der Waals surface area contributed by atoms with Gasteiger partial charge in [0.05, 0.1) is 26.4 Å². The van der Waals surface area contributed by atoms with Crippen molar-refractivity contribution < 1.29 is 38.7 Å². The summed E-state index contributed by atoms with van der Waals surface area (Å²) in [6.07, 6.45) is 0.874. The maximum absolute atomic E-state index is 11.6. The standard InChI is InChI=1S/C23H30N2O8/c26-20-8-4-18(5-9-20)24-22(28)32-14-2-1-12-30-16-17-31-13-3-15-33-23(29)25-19-6-10-21(27)11-7-19/h4-11,26-27H,1-3,12-17H2,(H,24,28)(H,25,29). The number of ether oxygens (including phenoxy) is 4. The SMILES string of the molecule is O=C(Nc1ccc(O)cc1)OCCCCOCCOCCCOC(=O)Nc1ccc(O)cc1. The number of aromatic hydroxyl groups is 2. The second kappa shape index (κ2) is 15.3. The van der Waals surface area contributed by atoms with Gasteiger partial charge in [-0.05, 0) is 61.4 Å². The van der Waals surface area contributed by atoms with Gasteiger partial charge in [0.25, 0.3) is 0 Å². The number of amides is 2. The molecule has 0 aliphatic heterocycles. The number of nitrogens with one attached hydrogen (secondary N) is 2. The zero-order valence-corrected chi connectivity index (χ0v) is 18.3. The van der Waals surface area contributed by atoms with Gasteiger partial charge in [0.15, 0.2) is 0 Å². The van der Waals surface area contributed by atoms with E-state index < -0.39 is 12.2 Å². The van der Waals surface area contributed by atoms with Crippen molar-refractivity contribution in [3.63, 3.8) is 0 Å². The molecule has 0 fully saturated rings. The van der Waals surface area contributed by atoms with Crippen LogP contribution in [0.4, 0.5) is 21.0 Å². The number of unbranched alkanes of at least 4 members (excludes halogenated alkanes) is 1. The van der Waals surface area contributed by atoms with Crippen molar-refractivity contribution in [2.24, 2.45) is 0 Å². The Morgan fingerprint density at radius 3 is 1.45 bits per heavy atom. The third-order valence-electron chi connectivity index (χ3n) is 4.18. The number of carbonyl (C=O) groups excluding carboxylic acids is 2. The Labute approximate surface area is 192 Å². The van der Waals surface area contributed by atoms with Gasteiger partial charge in [0.2, 0.25) is 0 Å². The second-order valence-corrected chi connectivity index (χ2v) is 6.90. The van der Waals surface area contributed by atoms with Gasteiger partial charge in [-0.15, -0.1) is 0 Å². The summed E-state index contributed by atoms with van der Waals surface area (Å²) in [4.78, 5) is 23.2. The van der Waals surface area contributed by atoms with Crippen molar-refractivity contribution in [2.45, 2.75) is 19.3 Å². The molecule has 0 heterocycles. The lowest BCUT2D eigenvalue weighted by atomic mass is 10.3. The van der Waals surface area contributed by atoms with Crippen LogP contribution in [0.5, 0.6) is 11.5 Å². The van der Waals surface area contributed by atoms with Crippen molar-refractivity contribution in [1.82, 2.24) is 0 Å². The lowest BCUT2D eigenvalue weighted by Gasteiger charge is -2.08. The first-order valence-corrected chi connectivity index (χ1v) is 10.6. The molecule has 0 radical (unpaired) electrons. The van der Waals surface area contributed by atoms with Gasteiger partial charge in [-0.1, -0.05) is 0 Å². The fraction of sp³-hybridized carbons (Fsp3) is 0.391. The number of hydrogen-bond donors (Lipinski definition) is 4. The number of anilines is 2. The van der Waals surface area contributed by atoms with Gasteiger partial charge in [-0.25, -0.2) is 9.59 Å². The van der Waals surface area contributed by atoms with Gasteiger partial charge in [0.1, 0.15) is 11.5 Å². The molecule has 33 heavy (non-hydrogen) atoms. The topological polar surface area (TPSA) is 136 Å². The molecule has 0 saturated carbocycles. The lowest BCUT2D eigenvalue weighted by molar-refractivity contribution is 0.0391. The van der Waals surface area contributed by atoms with E-state index in [2.05, 4.69) is 10.6 Å². The molecule has 2 rings (SSSR count). The maximum atomic E-state index is 11.6. The third kappa shape index (κ3) is 12.2. The van der Waals surface area contributed by atoms with Gasteiger partial charge < -0.3 is 29.2 Å². The highest BCUT2D eigenvalue weighted by Crippen LogP contribution is 2.14. The van der Waals surface area contributed by atoms with E-state index in [4.69, 9.17) is 18.9 Å². The average Bonchev–Trinajstić information content (AvgIpc) is 2.80. The highest BCUT2D eigenvalue weighted by Gasteiger charge is 2.04. The summed E-state index contributed by atoms with van der Waals surface area (Å²) in [6, 6.07) is 12.2.